The van der Waals surface area contributed by atoms with Crippen molar-refractivity contribution in [1.29, 1.82) is 0 Å². The first-order valence-corrected chi connectivity index (χ1v) is 15.4. The van der Waals surface area contributed by atoms with E-state index in [9.17, 15) is 21.6 Å². The summed E-state index contributed by atoms with van der Waals surface area (Å²) in [4.78, 5) is 15.3. The Morgan fingerprint density at radius 3 is 2.33 bits per heavy atom. The van der Waals surface area contributed by atoms with Gasteiger partial charge in [-0.1, -0.05) is 50.2 Å². The van der Waals surface area contributed by atoms with Crippen molar-refractivity contribution < 1.29 is 26.2 Å². The smallest absolute Gasteiger partial charge is 0.276 e. The fourth-order valence-electron chi connectivity index (χ4n) is 4.24. The molecule has 36 heavy (non-hydrogen) atoms. The van der Waals surface area contributed by atoms with Crippen LogP contribution in [0.25, 0.3) is 11.3 Å². The topological polar surface area (TPSA) is 115 Å². The third kappa shape index (κ3) is 5.70. The molecule has 2 heterocycles. The molecule has 1 fully saturated rings. The number of aromatic nitrogens is 1. The zero-order valence-corrected chi connectivity index (χ0v) is 22.2. The minimum atomic E-state index is -3.33. The lowest BCUT2D eigenvalue weighted by atomic mass is 10.0. The SMILES string of the molecule is CCS(=O)(=O)c1ccc(-c2cc(C(=O)N(Cc3ccc(C(C)C)cc3)C3CCS(=O)(=O)C3)no2)cc1. The lowest BCUT2D eigenvalue weighted by Crippen LogP contribution is -2.40. The van der Waals surface area contributed by atoms with Crippen LogP contribution in [0.3, 0.4) is 0 Å². The van der Waals surface area contributed by atoms with Gasteiger partial charge in [0.25, 0.3) is 5.91 Å². The molecule has 0 radical (unpaired) electrons. The van der Waals surface area contributed by atoms with Crippen LogP contribution in [-0.2, 0) is 26.2 Å². The maximum Gasteiger partial charge on any atom is 0.276 e. The summed E-state index contributed by atoms with van der Waals surface area (Å²) < 4.78 is 53.9. The molecule has 3 aromatic rings. The normalized spacial score (nSPS) is 17.4. The minimum absolute atomic E-state index is 0.000221. The molecular formula is C26H30N2O6S2. The fourth-order valence-corrected chi connectivity index (χ4v) is 6.86. The average molecular weight is 531 g/mol. The minimum Gasteiger partial charge on any atom is -0.355 e. The summed E-state index contributed by atoms with van der Waals surface area (Å²) in [6.07, 6.45) is 0.371. The lowest BCUT2D eigenvalue weighted by molar-refractivity contribution is 0.0670. The highest BCUT2D eigenvalue weighted by Crippen LogP contribution is 2.26. The largest absolute Gasteiger partial charge is 0.355 e. The molecule has 1 saturated heterocycles. The molecule has 0 saturated carbocycles. The second kappa shape index (κ2) is 10.2. The van der Waals surface area contributed by atoms with E-state index in [1.807, 2.05) is 24.3 Å². The van der Waals surface area contributed by atoms with Crippen molar-refractivity contribution in [2.45, 2.75) is 50.6 Å². The Morgan fingerprint density at radius 1 is 1.11 bits per heavy atom. The number of amides is 1. The highest BCUT2D eigenvalue weighted by Gasteiger charge is 2.36. The van der Waals surface area contributed by atoms with E-state index in [1.54, 1.807) is 24.0 Å². The Balaban J connectivity index is 1.59. The van der Waals surface area contributed by atoms with Gasteiger partial charge in [0.15, 0.2) is 31.1 Å². The quantitative estimate of drug-likeness (QED) is 0.431. The van der Waals surface area contributed by atoms with Crippen molar-refractivity contribution in [3.05, 3.63) is 71.4 Å². The van der Waals surface area contributed by atoms with Gasteiger partial charge in [-0.2, -0.15) is 0 Å². The Morgan fingerprint density at radius 2 is 1.78 bits per heavy atom. The first kappa shape index (κ1) is 26.1. The predicted octanol–water partition coefficient (Wildman–Crippen LogP) is 4.09. The summed E-state index contributed by atoms with van der Waals surface area (Å²) in [5, 5.41) is 3.95. The van der Waals surface area contributed by atoms with E-state index in [4.69, 9.17) is 4.52 Å². The second-order valence-corrected chi connectivity index (χ2v) is 13.9. The molecule has 1 aromatic heterocycles. The van der Waals surface area contributed by atoms with E-state index in [0.717, 1.165) is 5.56 Å². The molecule has 1 atom stereocenters. The standard InChI is InChI=1S/C26H30N2O6S2/c1-4-36(32,33)23-11-9-21(10-12-23)25-15-24(27-34-25)26(29)28(22-13-14-35(30,31)17-22)16-19-5-7-20(8-6-19)18(2)3/h5-12,15,18,22H,4,13-14,16-17H2,1-3H3. The summed E-state index contributed by atoms with van der Waals surface area (Å²) >= 11 is 0. The zero-order valence-electron chi connectivity index (χ0n) is 20.5. The molecular weight excluding hydrogens is 500 g/mol. The summed E-state index contributed by atoms with van der Waals surface area (Å²) in [6.45, 7) is 6.04. The number of hydrogen-bond donors (Lipinski definition) is 0. The van der Waals surface area contributed by atoms with Crippen LogP contribution >= 0.6 is 0 Å². The number of carbonyl (C=O) groups excluding carboxylic acids is 1. The third-order valence-electron chi connectivity index (χ3n) is 6.52. The van der Waals surface area contributed by atoms with Crippen molar-refractivity contribution >= 4 is 25.6 Å². The highest BCUT2D eigenvalue weighted by atomic mass is 32.2. The van der Waals surface area contributed by atoms with Crippen molar-refractivity contribution in [1.82, 2.24) is 10.1 Å². The summed E-state index contributed by atoms with van der Waals surface area (Å²) in [5.41, 5.74) is 2.72. The van der Waals surface area contributed by atoms with Gasteiger partial charge in [0.05, 0.1) is 22.2 Å². The molecule has 0 aliphatic carbocycles. The third-order valence-corrected chi connectivity index (χ3v) is 10.0. The summed E-state index contributed by atoms with van der Waals surface area (Å²) in [7, 11) is -6.54. The van der Waals surface area contributed by atoms with Crippen LogP contribution in [0.1, 0.15) is 54.7 Å². The van der Waals surface area contributed by atoms with Crippen molar-refractivity contribution in [3.8, 4) is 11.3 Å². The van der Waals surface area contributed by atoms with Gasteiger partial charge in [0, 0.05) is 24.2 Å². The maximum atomic E-state index is 13.5. The van der Waals surface area contributed by atoms with Gasteiger partial charge in [0.2, 0.25) is 0 Å². The van der Waals surface area contributed by atoms with Crippen LogP contribution in [0.2, 0.25) is 0 Å². The van der Waals surface area contributed by atoms with E-state index in [0.29, 0.717) is 23.7 Å². The molecule has 1 unspecified atom stereocenters. The molecule has 1 aliphatic heterocycles. The monoisotopic (exact) mass is 530 g/mol. The molecule has 8 nitrogen and oxygen atoms in total. The Hall–Kier alpha value is -2.98. The van der Waals surface area contributed by atoms with Crippen LogP contribution in [0.4, 0.5) is 0 Å². The van der Waals surface area contributed by atoms with E-state index < -0.39 is 31.6 Å². The Labute approximate surface area is 212 Å². The molecule has 0 N–H and O–H groups in total. The van der Waals surface area contributed by atoms with Crippen LogP contribution < -0.4 is 0 Å². The fraction of sp³-hybridized carbons (Fsp3) is 0.385. The Kier molecular flexibility index (Phi) is 7.38. The summed E-state index contributed by atoms with van der Waals surface area (Å²) in [5.74, 6) is 0.247. The van der Waals surface area contributed by atoms with Crippen molar-refractivity contribution in [2.24, 2.45) is 0 Å². The molecule has 0 bridgehead atoms. The van der Waals surface area contributed by atoms with Gasteiger partial charge in [0.1, 0.15) is 0 Å². The van der Waals surface area contributed by atoms with Crippen LogP contribution in [-0.4, -0.2) is 56.1 Å². The highest BCUT2D eigenvalue weighted by molar-refractivity contribution is 7.91. The molecule has 4 rings (SSSR count). The molecule has 0 spiro atoms. The van der Waals surface area contributed by atoms with Crippen molar-refractivity contribution in [2.75, 3.05) is 17.3 Å². The van der Waals surface area contributed by atoms with E-state index in [2.05, 4.69) is 19.0 Å². The lowest BCUT2D eigenvalue weighted by Gasteiger charge is -2.27. The van der Waals surface area contributed by atoms with Gasteiger partial charge in [-0.25, -0.2) is 16.8 Å². The van der Waals surface area contributed by atoms with Crippen LogP contribution in [0, 0.1) is 0 Å². The number of nitrogens with zero attached hydrogens (tertiary/aromatic N) is 2. The van der Waals surface area contributed by atoms with Crippen LogP contribution in [0.5, 0.6) is 0 Å². The van der Waals surface area contributed by atoms with Gasteiger partial charge >= 0.3 is 0 Å². The van der Waals surface area contributed by atoms with E-state index in [1.165, 1.54) is 23.8 Å². The van der Waals surface area contributed by atoms with Crippen LogP contribution in [0.15, 0.2) is 64.0 Å². The number of sulfone groups is 2. The average Bonchev–Trinajstić information content (AvgIpc) is 3.49. The molecule has 10 heteroatoms. The number of rotatable bonds is 8. The van der Waals surface area contributed by atoms with Gasteiger partial charge < -0.3 is 9.42 Å². The van der Waals surface area contributed by atoms with Gasteiger partial charge in [-0.3, -0.25) is 4.79 Å². The number of hydrogen-bond acceptors (Lipinski definition) is 7. The first-order chi connectivity index (χ1) is 17.0. The van der Waals surface area contributed by atoms with E-state index in [-0.39, 0.29) is 34.4 Å². The predicted molar refractivity (Wildman–Crippen MR) is 137 cm³/mol. The maximum absolute atomic E-state index is 13.5. The zero-order chi connectivity index (χ0) is 26.1. The van der Waals surface area contributed by atoms with Gasteiger partial charge in [-0.05, 0) is 47.7 Å². The Bertz CT molecular complexity index is 1440. The number of carbonyl (C=O) groups is 1. The second-order valence-electron chi connectivity index (χ2n) is 9.39. The van der Waals surface area contributed by atoms with E-state index >= 15 is 0 Å². The molecule has 1 amide bonds. The molecule has 192 valence electrons. The summed E-state index contributed by atoms with van der Waals surface area (Å²) in [6, 6.07) is 15.2. The first-order valence-electron chi connectivity index (χ1n) is 11.9. The van der Waals surface area contributed by atoms with Gasteiger partial charge in [-0.15, -0.1) is 0 Å². The molecule has 2 aromatic carbocycles. The van der Waals surface area contributed by atoms with Crippen molar-refractivity contribution in [3.63, 3.8) is 0 Å². The molecule has 1 aliphatic rings. The number of benzene rings is 2.